The molecule has 0 saturated carbocycles. The second kappa shape index (κ2) is 5.80. The molecule has 1 aromatic rings. The summed E-state index contributed by atoms with van der Waals surface area (Å²) in [5.74, 6) is 0.637. The van der Waals surface area contributed by atoms with Gasteiger partial charge in [0, 0.05) is 25.3 Å². The van der Waals surface area contributed by atoms with Gasteiger partial charge in [0.25, 0.3) is 0 Å². The van der Waals surface area contributed by atoms with E-state index in [0.29, 0.717) is 18.9 Å². The maximum absolute atomic E-state index is 11.2. The van der Waals surface area contributed by atoms with Crippen molar-refractivity contribution in [2.24, 2.45) is 5.73 Å². The Morgan fingerprint density at radius 1 is 1.44 bits per heavy atom. The summed E-state index contributed by atoms with van der Waals surface area (Å²) in [5.41, 5.74) is 5.32. The van der Waals surface area contributed by atoms with E-state index in [2.05, 4.69) is 15.5 Å². The average molecular weight is 248 g/mol. The molecule has 0 atom stereocenters. The summed E-state index contributed by atoms with van der Waals surface area (Å²) in [6.07, 6.45) is 0.516. The van der Waals surface area contributed by atoms with Crippen LogP contribution in [0.5, 0.6) is 0 Å². The molecule has 92 valence electrons. The smallest absolute Gasteiger partial charge is 0.315 e. The van der Waals surface area contributed by atoms with Crippen LogP contribution >= 0.6 is 0 Å². The van der Waals surface area contributed by atoms with Gasteiger partial charge >= 0.3 is 6.01 Å². The van der Waals surface area contributed by atoms with Gasteiger partial charge in [-0.2, -0.15) is 0 Å². The van der Waals surface area contributed by atoms with Gasteiger partial charge in [0.15, 0.2) is 9.84 Å². The maximum Gasteiger partial charge on any atom is 0.315 e. The van der Waals surface area contributed by atoms with Gasteiger partial charge in [0.05, 0.1) is 5.75 Å². The lowest BCUT2D eigenvalue weighted by atomic mass is 10.4. The van der Waals surface area contributed by atoms with Gasteiger partial charge in [-0.1, -0.05) is 12.0 Å². The number of nitrogens with one attached hydrogen (secondary N) is 1. The van der Waals surface area contributed by atoms with E-state index in [1.54, 1.807) is 6.92 Å². The average Bonchev–Trinajstić information content (AvgIpc) is 2.66. The third-order valence-corrected chi connectivity index (χ3v) is 3.66. The van der Waals surface area contributed by atoms with Crippen LogP contribution in [-0.2, 0) is 16.3 Å². The zero-order chi connectivity index (χ0) is 12.0. The highest BCUT2D eigenvalue weighted by atomic mass is 32.2. The number of hydrogen-bond acceptors (Lipinski definition) is 7. The second-order valence-electron chi connectivity index (χ2n) is 3.20. The number of rotatable bonds is 7. The Morgan fingerprint density at radius 3 is 2.81 bits per heavy atom. The minimum Gasteiger partial charge on any atom is -0.408 e. The summed E-state index contributed by atoms with van der Waals surface area (Å²) < 4.78 is 27.5. The SMILES string of the molecule is CCS(=O)(=O)CCNc1nnc(CCN)o1. The summed E-state index contributed by atoms with van der Waals surface area (Å²) in [6.45, 7) is 2.31. The van der Waals surface area contributed by atoms with Crippen LogP contribution in [0.4, 0.5) is 6.01 Å². The minimum absolute atomic E-state index is 0.0537. The molecule has 0 amide bonds. The van der Waals surface area contributed by atoms with E-state index in [1.807, 2.05) is 0 Å². The van der Waals surface area contributed by atoms with E-state index in [9.17, 15) is 8.42 Å². The van der Waals surface area contributed by atoms with E-state index in [4.69, 9.17) is 10.2 Å². The van der Waals surface area contributed by atoms with Crippen LogP contribution in [0.15, 0.2) is 4.42 Å². The van der Waals surface area contributed by atoms with Gasteiger partial charge < -0.3 is 15.5 Å². The van der Waals surface area contributed by atoms with Crippen molar-refractivity contribution in [3.63, 3.8) is 0 Å². The molecule has 1 rings (SSSR count). The summed E-state index contributed by atoms with van der Waals surface area (Å²) in [6, 6.07) is 0.231. The van der Waals surface area contributed by atoms with Crippen LogP contribution in [0.25, 0.3) is 0 Å². The molecule has 0 fully saturated rings. The molecule has 0 saturated heterocycles. The highest BCUT2D eigenvalue weighted by Gasteiger charge is 2.08. The van der Waals surface area contributed by atoms with Crippen molar-refractivity contribution in [3.05, 3.63) is 5.89 Å². The Balaban J connectivity index is 2.37. The van der Waals surface area contributed by atoms with Crippen LogP contribution in [0.1, 0.15) is 12.8 Å². The van der Waals surface area contributed by atoms with E-state index in [-0.39, 0.29) is 24.1 Å². The Morgan fingerprint density at radius 2 is 2.19 bits per heavy atom. The quantitative estimate of drug-likeness (QED) is 0.663. The Hall–Kier alpha value is -1.15. The molecule has 0 aromatic carbocycles. The van der Waals surface area contributed by atoms with Crippen molar-refractivity contribution in [2.75, 3.05) is 29.9 Å². The fourth-order valence-corrected chi connectivity index (χ4v) is 1.71. The Bertz CT molecular complexity index is 415. The molecular formula is C8H16N4O3S. The van der Waals surface area contributed by atoms with Crippen LogP contribution in [0, 0.1) is 0 Å². The Kier molecular flexibility index (Phi) is 4.69. The highest BCUT2D eigenvalue weighted by Crippen LogP contribution is 2.05. The first-order valence-electron chi connectivity index (χ1n) is 5.04. The maximum atomic E-state index is 11.2. The molecular weight excluding hydrogens is 232 g/mol. The number of anilines is 1. The lowest BCUT2D eigenvalue weighted by Gasteiger charge is -2.00. The number of sulfone groups is 1. The summed E-state index contributed by atoms with van der Waals surface area (Å²) in [5, 5.41) is 10.2. The number of hydrogen-bond donors (Lipinski definition) is 2. The molecule has 7 nitrogen and oxygen atoms in total. The summed E-state index contributed by atoms with van der Waals surface area (Å²) in [4.78, 5) is 0. The molecule has 1 aromatic heterocycles. The largest absolute Gasteiger partial charge is 0.408 e. The van der Waals surface area contributed by atoms with Crippen molar-refractivity contribution >= 4 is 15.9 Å². The molecule has 0 spiro atoms. The van der Waals surface area contributed by atoms with Gasteiger partial charge in [-0.3, -0.25) is 0 Å². The van der Waals surface area contributed by atoms with Crippen molar-refractivity contribution in [1.29, 1.82) is 0 Å². The van der Waals surface area contributed by atoms with Gasteiger partial charge in [-0.05, 0) is 0 Å². The topological polar surface area (TPSA) is 111 Å². The Labute approximate surface area is 94.3 Å². The van der Waals surface area contributed by atoms with Crippen molar-refractivity contribution in [1.82, 2.24) is 10.2 Å². The molecule has 0 aliphatic heterocycles. The first-order valence-corrected chi connectivity index (χ1v) is 6.86. The second-order valence-corrected chi connectivity index (χ2v) is 5.68. The standard InChI is InChI=1S/C8H16N4O3S/c1-2-16(13,14)6-5-10-8-12-11-7(15-8)3-4-9/h2-6,9H2,1H3,(H,10,12). The molecule has 16 heavy (non-hydrogen) atoms. The van der Waals surface area contributed by atoms with E-state index in [1.165, 1.54) is 0 Å². The van der Waals surface area contributed by atoms with Gasteiger partial charge in [-0.15, -0.1) is 5.10 Å². The fourth-order valence-electron chi connectivity index (χ4n) is 1.01. The van der Waals surface area contributed by atoms with Crippen LogP contribution in [0.2, 0.25) is 0 Å². The third kappa shape index (κ3) is 4.15. The van der Waals surface area contributed by atoms with Gasteiger partial charge in [-0.25, -0.2) is 8.42 Å². The van der Waals surface area contributed by atoms with Crippen molar-refractivity contribution in [2.45, 2.75) is 13.3 Å². The molecule has 1 heterocycles. The van der Waals surface area contributed by atoms with Crippen molar-refractivity contribution < 1.29 is 12.8 Å². The predicted octanol–water partition coefficient (Wildman–Crippen LogP) is -0.583. The fraction of sp³-hybridized carbons (Fsp3) is 0.750. The highest BCUT2D eigenvalue weighted by molar-refractivity contribution is 7.91. The molecule has 0 unspecified atom stereocenters. The van der Waals surface area contributed by atoms with E-state index >= 15 is 0 Å². The predicted molar refractivity (Wildman–Crippen MR) is 59.9 cm³/mol. The third-order valence-electron chi connectivity index (χ3n) is 1.95. The molecule has 8 heteroatoms. The first-order chi connectivity index (χ1) is 7.57. The van der Waals surface area contributed by atoms with Crippen molar-refractivity contribution in [3.8, 4) is 0 Å². The number of nitrogens with two attached hydrogens (primary N) is 1. The molecule has 3 N–H and O–H groups in total. The lowest BCUT2D eigenvalue weighted by Crippen LogP contribution is -2.17. The normalized spacial score (nSPS) is 11.6. The number of aromatic nitrogens is 2. The molecule has 0 bridgehead atoms. The molecule has 0 aliphatic carbocycles. The van der Waals surface area contributed by atoms with Gasteiger partial charge in [0.1, 0.15) is 0 Å². The first kappa shape index (κ1) is 12.9. The molecule has 0 aliphatic rings. The van der Waals surface area contributed by atoms with E-state index < -0.39 is 9.84 Å². The zero-order valence-corrected chi connectivity index (χ0v) is 9.96. The lowest BCUT2D eigenvalue weighted by molar-refractivity contribution is 0.506. The van der Waals surface area contributed by atoms with Crippen LogP contribution < -0.4 is 11.1 Å². The number of nitrogens with zero attached hydrogens (tertiary/aromatic N) is 2. The minimum atomic E-state index is -2.97. The molecule has 0 radical (unpaired) electrons. The summed E-state index contributed by atoms with van der Waals surface area (Å²) >= 11 is 0. The van der Waals surface area contributed by atoms with Crippen LogP contribution in [0.3, 0.4) is 0 Å². The summed E-state index contributed by atoms with van der Waals surface area (Å²) in [7, 11) is -2.97. The van der Waals surface area contributed by atoms with Crippen LogP contribution in [-0.4, -0.2) is 43.2 Å². The zero-order valence-electron chi connectivity index (χ0n) is 9.14. The van der Waals surface area contributed by atoms with Gasteiger partial charge in [0.2, 0.25) is 5.89 Å². The monoisotopic (exact) mass is 248 g/mol. The van der Waals surface area contributed by atoms with E-state index in [0.717, 1.165) is 0 Å².